The number of piperazine rings is 1. The summed E-state index contributed by atoms with van der Waals surface area (Å²) < 4.78 is 29.1. The number of carbonyl (C=O) groups excluding carboxylic acids is 2. The van der Waals surface area contributed by atoms with Gasteiger partial charge in [-0.25, -0.2) is 0 Å². The number of rotatable bonds is 9. The van der Waals surface area contributed by atoms with Crippen LogP contribution in [0.5, 0.6) is 0 Å². The predicted octanol–water partition coefficient (Wildman–Crippen LogP) is 1.33. The lowest BCUT2D eigenvalue weighted by molar-refractivity contribution is -0.117. The Morgan fingerprint density at radius 2 is 1.78 bits per heavy atom. The zero-order valence-corrected chi connectivity index (χ0v) is 20.2. The molecule has 11 heteroatoms. The first-order chi connectivity index (χ1) is 15.3. The molecule has 32 heavy (non-hydrogen) atoms. The zero-order chi connectivity index (χ0) is 23.1. The highest BCUT2D eigenvalue weighted by molar-refractivity contribution is 8.00. The van der Waals surface area contributed by atoms with Crippen LogP contribution >= 0.6 is 11.8 Å². The van der Waals surface area contributed by atoms with Gasteiger partial charge >= 0.3 is 0 Å². The molecule has 1 heterocycles. The number of hydrogen-bond donors (Lipinski definition) is 2. The van der Waals surface area contributed by atoms with E-state index in [1.807, 2.05) is 23.1 Å². The van der Waals surface area contributed by atoms with E-state index in [4.69, 9.17) is 5.73 Å². The zero-order valence-electron chi connectivity index (χ0n) is 18.5. The van der Waals surface area contributed by atoms with Gasteiger partial charge in [0.1, 0.15) is 0 Å². The molecular formula is C21H33N5O4S2. The van der Waals surface area contributed by atoms with Gasteiger partial charge in [0.2, 0.25) is 11.8 Å². The van der Waals surface area contributed by atoms with Crippen molar-refractivity contribution in [2.24, 2.45) is 5.73 Å². The minimum Gasteiger partial charge on any atom is -0.369 e. The summed E-state index contributed by atoms with van der Waals surface area (Å²) in [6.45, 7) is 1.93. The number of anilines is 1. The number of nitrogens with two attached hydrogens (primary N) is 1. The fourth-order valence-electron chi connectivity index (χ4n) is 4.17. The third-order valence-corrected chi connectivity index (χ3v) is 9.15. The molecule has 1 aliphatic carbocycles. The molecular weight excluding hydrogens is 450 g/mol. The Kier molecular flexibility index (Phi) is 8.95. The molecule has 1 saturated carbocycles. The number of amides is 2. The molecule has 0 radical (unpaired) electrons. The number of nitrogens with zero attached hydrogens (tertiary/aromatic N) is 3. The van der Waals surface area contributed by atoms with Gasteiger partial charge in [-0.1, -0.05) is 31.4 Å². The van der Waals surface area contributed by atoms with Gasteiger partial charge in [-0.05, 0) is 25.0 Å². The van der Waals surface area contributed by atoms with Gasteiger partial charge in [-0.2, -0.15) is 17.0 Å². The van der Waals surface area contributed by atoms with Gasteiger partial charge in [0.05, 0.1) is 18.0 Å². The summed E-state index contributed by atoms with van der Waals surface area (Å²) >= 11 is 1.28. The molecule has 9 nitrogen and oxygen atoms in total. The molecule has 3 N–H and O–H groups in total. The maximum Gasteiger partial charge on any atom is 0.282 e. The van der Waals surface area contributed by atoms with Crippen LogP contribution < -0.4 is 11.1 Å². The molecule has 1 aliphatic heterocycles. The Hall–Kier alpha value is -1.66. The number of thioether (sulfide) groups is 1. The smallest absolute Gasteiger partial charge is 0.282 e. The largest absolute Gasteiger partial charge is 0.369 e. The lowest BCUT2D eigenvalue weighted by Gasteiger charge is -2.38. The molecule has 2 amide bonds. The van der Waals surface area contributed by atoms with Crippen LogP contribution in [0.15, 0.2) is 29.2 Å². The third kappa shape index (κ3) is 6.67. The molecule has 1 saturated heterocycles. The van der Waals surface area contributed by atoms with Gasteiger partial charge < -0.3 is 11.1 Å². The number of hydrogen-bond acceptors (Lipinski definition) is 6. The van der Waals surface area contributed by atoms with E-state index < -0.39 is 16.1 Å². The van der Waals surface area contributed by atoms with Gasteiger partial charge in [0, 0.05) is 44.2 Å². The normalized spacial score (nSPS) is 19.2. The maximum absolute atomic E-state index is 13.0. The highest BCUT2D eigenvalue weighted by Crippen LogP contribution is 2.27. The maximum atomic E-state index is 13.0. The Morgan fingerprint density at radius 1 is 1.12 bits per heavy atom. The molecule has 1 aromatic rings. The Bertz CT molecular complexity index is 897. The second kappa shape index (κ2) is 11.5. The number of primary amides is 1. The molecule has 0 spiro atoms. The lowest BCUT2D eigenvalue weighted by Crippen LogP contribution is -2.55. The minimum absolute atomic E-state index is 0.0880. The summed E-state index contributed by atoms with van der Waals surface area (Å²) in [6, 6.07) is 7.35. The van der Waals surface area contributed by atoms with E-state index in [9.17, 15) is 18.0 Å². The van der Waals surface area contributed by atoms with Crippen LogP contribution in [0.4, 0.5) is 5.69 Å². The molecule has 0 atom stereocenters. The van der Waals surface area contributed by atoms with Crippen molar-refractivity contribution in [1.29, 1.82) is 0 Å². The molecule has 0 unspecified atom stereocenters. The molecule has 3 rings (SSSR count). The second-order valence-electron chi connectivity index (χ2n) is 8.29. The fraction of sp³-hybridized carbons (Fsp3) is 0.619. The fourth-order valence-corrected chi connectivity index (χ4v) is 6.49. The molecule has 2 fully saturated rings. The first-order valence-electron chi connectivity index (χ1n) is 11.0. The van der Waals surface area contributed by atoms with Crippen molar-refractivity contribution >= 4 is 39.5 Å². The van der Waals surface area contributed by atoms with Crippen LogP contribution in [0.3, 0.4) is 0 Å². The van der Waals surface area contributed by atoms with Crippen molar-refractivity contribution in [3.8, 4) is 0 Å². The summed E-state index contributed by atoms with van der Waals surface area (Å²) in [5.41, 5.74) is 5.85. The first kappa shape index (κ1) is 25.0. The minimum atomic E-state index is -3.48. The van der Waals surface area contributed by atoms with Crippen LogP contribution in [0, 0.1) is 0 Å². The number of nitrogens with one attached hydrogen (secondary N) is 1. The second-order valence-corrected chi connectivity index (χ2v) is 11.3. The van der Waals surface area contributed by atoms with Crippen LogP contribution in [0.1, 0.15) is 32.1 Å². The van der Waals surface area contributed by atoms with Crippen LogP contribution in [0.25, 0.3) is 0 Å². The molecule has 2 aliphatic rings. The Labute approximate surface area is 194 Å². The van der Waals surface area contributed by atoms with Crippen molar-refractivity contribution in [2.75, 3.05) is 50.8 Å². The van der Waals surface area contributed by atoms with Crippen LogP contribution in [0.2, 0.25) is 0 Å². The van der Waals surface area contributed by atoms with Crippen molar-refractivity contribution in [1.82, 2.24) is 13.5 Å². The SMILES string of the molecule is CN(C1CCCCC1)S(=O)(=O)N1CCN(CC(=O)Nc2ccccc2SCC(N)=O)CC1. The summed E-state index contributed by atoms with van der Waals surface area (Å²) in [4.78, 5) is 26.4. The van der Waals surface area contributed by atoms with Crippen LogP contribution in [-0.2, 0) is 19.8 Å². The van der Waals surface area contributed by atoms with E-state index >= 15 is 0 Å². The molecule has 0 aromatic heterocycles. The van der Waals surface area contributed by atoms with Crippen molar-refractivity contribution < 1.29 is 18.0 Å². The summed E-state index contributed by atoms with van der Waals surface area (Å²) in [6.07, 6.45) is 5.19. The van der Waals surface area contributed by atoms with E-state index in [2.05, 4.69) is 5.32 Å². The number of carbonyl (C=O) groups is 2. The molecule has 0 bridgehead atoms. The number of benzene rings is 1. The van der Waals surface area contributed by atoms with E-state index in [1.165, 1.54) is 22.5 Å². The van der Waals surface area contributed by atoms with Crippen molar-refractivity contribution in [2.45, 2.75) is 43.0 Å². The number of para-hydroxylation sites is 1. The van der Waals surface area contributed by atoms with Crippen molar-refractivity contribution in [3.63, 3.8) is 0 Å². The quantitative estimate of drug-likeness (QED) is 0.512. The van der Waals surface area contributed by atoms with Gasteiger partial charge in [-0.15, -0.1) is 11.8 Å². The average molecular weight is 484 g/mol. The predicted molar refractivity (Wildman–Crippen MR) is 127 cm³/mol. The van der Waals surface area contributed by atoms with Gasteiger partial charge in [-0.3, -0.25) is 14.5 Å². The first-order valence-corrected chi connectivity index (χ1v) is 13.4. The molecule has 1 aromatic carbocycles. The third-order valence-electron chi connectivity index (χ3n) is 6.01. The van der Waals surface area contributed by atoms with E-state index in [-0.39, 0.29) is 24.2 Å². The van der Waals surface area contributed by atoms with E-state index in [1.54, 1.807) is 17.4 Å². The van der Waals surface area contributed by atoms with E-state index in [0.29, 0.717) is 31.9 Å². The average Bonchev–Trinajstić information content (AvgIpc) is 2.78. The summed E-state index contributed by atoms with van der Waals surface area (Å²) in [7, 11) is -1.79. The van der Waals surface area contributed by atoms with Crippen molar-refractivity contribution in [3.05, 3.63) is 24.3 Å². The monoisotopic (exact) mass is 483 g/mol. The highest BCUT2D eigenvalue weighted by atomic mass is 32.2. The van der Waals surface area contributed by atoms with Crippen LogP contribution in [-0.4, -0.2) is 85.3 Å². The standard InChI is InChI=1S/C21H33N5O4S2/c1-24(17-7-3-2-4-8-17)32(29,30)26-13-11-25(12-14-26)15-21(28)23-18-9-5-6-10-19(18)31-16-20(22)27/h5-6,9-10,17H,2-4,7-8,11-16H2,1H3,(H2,22,27)(H,23,28). The lowest BCUT2D eigenvalue weighted by atomic mass is 9.96. The van der Waals surface area contributed by atoms with Gasteiger partial charge in [0.15, 0.2) is 0 Å². The highest BCUT2D eigenvalue weighted by Gasteiger charge is 2.34. The molecule has 178 valence electrons. The Morgan fingerprint density at radius 3 is 2.44 bits per heavy atom. The van der Waals surface area contributed by atoms with Gasteiger partial charge in [0.25, 0.3) is 10.2 Å². The summed E-state index contributed by atoms with van der Waals surface area (Å²) in [5.74, 6) is -0.454. The summed E-state index contributed by atoms with van der Waals surface area (Å²) in [5, 5.41) is 2.89. The Balaban J connectivity index is 1.49. The van der Waals surface area contributed by atoms with E-state index in [0.717, 1.165) is 30.6 Å². The topological polar surface area (TPSA) is 116 Å².